The van der Waals surface area contributed by atoms with E-state index in [2.05, 4.69) is 10.4 Å². The van der Waals surface area contributed by atoms with E-state index in [9.17, 15) is 9.18 Å². The van der Waals surface area contributed by atoms with Crippen molar-refractivity contribution in [2.75, 3.05) is 31.0 Å². The number of nitrogens with two attached hydrogens (primary N) is 1. The number of nitrogen functional groups attached to an aromatic ring is 1. The average molecular weight is 258 g/mol. The first-order chi connectivity index (χ1) is 8.11. The number of thioether (sulfide) groups is 1. The Morgan fingerprint density at radius 2 is 2.41 bits per heavy atom. The highest BCUT2D eigenvalue weighted by molar-refractivity contribution is 7.98. The predicted molar refractivity (Wildman–Crippen MR) is 67.3 cm³/mol. The molecule has 0 saturated heterocycles. The first kappa shape index (κ1) is 13.7. The molecule has 1 heterocycles. The van der Waals surface area contributed by atoms with Crippen molar-refractivity contribution in [3.63, 3.8) is 0 Å². The molecular formula is C10H15FN4OS. The number of hydrogen-bond donors (Lipinski definition) is 2. The minimum Gasteiger partial charge on any atom is -0.341 e. The Bertz CT molecular complexity index is 402. The van der Waals surface area contributed by atoms with Gasteiger partial charge in [0.1, 0.15) is 0 Å². The number of carbonyl (C=O) groups excluding carboxylic acids is 1. The number of nitrogens with one attached hydrogen (secondary N) is 1. The normalized spacial score (nSPS) is 10.1. The second-order valence-electron chi connectivity index (χ2n) is 3.38. The number of amides is 1. The van der Waals surface area contributed by atoms with Crippen LogP contribution >= 0.6 is 11.8 Å². The van der Waals surface area contributed by atoms with E-state index in [1.165, 1.54) is 17.2 Å². The smallest absolute Gasteiger partial charge is 0.256 e. The molecule has 0 aliphatic carbocycles. The first-order valence-electron chi connectivity index (χ1n) is 4.97. The Morgan fingerprint density at radius 1 is 1.71 bits per heavy atom. The van der Waals surface area contributed by atoms with E-state index in [1.807, 2.05) is 6.26 Å². The van der Waals surface area contributed by atoms with Crippen LogP contribution in [-0.4, -0.2) is 41.4 Å². The molecule has 0 aliphatic rings. The molecule has 1 amide bonds. The van der Waals surface area contributed by atoms with Gasteiger partial charge in [0.05, 0.1) is 5.56 Å². The number of anilines is 1. The number of hydrogen-bond acceptors (Lipinski definition) is 5. The van der Waals surface area contributed by atoms with Crippen molar-refractivity contribution in [3.8, 4) is 0 Å². The summed E-state index contributed by atoms with van der Waals surface area (Å²) in [4.78, 5) is 17.1. The van der Waals surface area contributed by atoms with Crippen LogP contribution in [-0.2, 0) is 0 Å². The van der Waals surface area contributed by atoms with Gasteiger partial charge in [0.25, 0.3) is 5.91 Å². The third-order valence-electron chi connectivity index (χ3n) is 2.23. The Labute approximate surface area is 104 Å². The lowest BCUT2D eigenvalue weighted by atomic mass is 10.2. The summed E-state index contributed by atoms with van der Waals surface area (Å²) >= 11 is 1.62. The van der Waals surface area contributed by atoms with Gasteiger partial charge in [0.15, 0.2) is 11.6 Å². The van der Waals surface area contributed by atoms with Gasteiger partial charge >= 0.3 is 0 Å². The molecule has 1 aromatic rings. The van der Waals surface area contributed by atoms with Crippen LogP contribution in [0, 0.1) is 5.82 Å². The van der Waals surface area contributed by atoms with Crippen molar-refractivity contribution in [3.05, 3.63) is 23.6 Å². The van der Waals surface area contributed by atoms with Crippen LogP contribution in [0.3, 0.4) is 0 Å². The molecule has 94 valence electrons. The van der Waals surface area contributed by atoms with Crippen LogP contribution in [0.15, 0.2) is 12.3 Å². The molecule has 0 saturated carbocycles. The van der Waals surface area contributed by atoms with E-state index in [0.717, 1.165) is 5.75 Å². The predicted octanol–water partition coefficient (Wildman–Crippen LogP) is 0.941. The molecule has 0 spiro atoms. The summed E-state index contributed by atoms with van der Waals surface area (Å²) in [6, 6.07) is 1.34. The molecular weight excluding hydrogens is 243 g/mol. The summed E-state index contributed by atoms with van der Waals surface area (Å²) in [5.41, 5.74) is 2.08. The topological polar surface area (TPSA) is 71.2 Å². The maximum Gasteiger partial charge on any atom is 0.256 e. The van der Waals surface area contributed by atoms with Gasteiger partial charge in [-0.1, -0.05) is 0 Å². The van der Waals surface area contributed by atoms with Gasteiger partial charge < -0.3 is 10.3 Å². The minimum absolute atomic E-state index is 0.0310. The monoisotopic (exact) mass is 258 g/mol. The van der Waals surface area contributed by atoms with Crippen LogP contribution in [0.1, 0.15) is 10.4 Å². The SMILES string of the molecule is CSCCN(C)C(=O)c1ccnc(NN)c1F. The van der Waals surface area contributed by atoms with Crippen molar-refractivity contribution < 1.29 is 9.18 Å². The lowest BCUT2D eigenvalue weighted by molar-refractivity contribution is 0.0799. The molecule has 5 nitrogen and oxygen atoms in total. The number of aromatic nitrogens is 1. The molecule has 0 radical (unpaired) electrons. The number of hydrazine groups is 1. The van der Waals surface area contributed by atoms with E-state index in [1.54, 1.807) is 18.8 Å². The molecule has 1 aromatic heterocycles. The summed E-state index contributed by atoms with van der Waals surface area (Å²) in [5.74, 6) is 4.66. The van der Waals surface area contributed by atoms with Crippen LogP contribution < -0.4 is 11.3 Å². The number of halogens is 1. The van der Waals surface area contributed by atoms with Crippen molar-refractivity contribution in [1.29, 1.82) is 0 Å². The van der Waals surface area contributed by atoms with Gasteiger partial charge in [-0.15, -0.1) is 0 Å². The maximum atomic E-state index is 13.7. The van der Waals surface area contributed by atoms with Crippen LogP contribution in [0.25, 0.3) is 0 Å². The highest BCUT2D eigenvalue weighted by Crippen LogP contribution is 2.15. The summed E-state index contributed by atoms with van der Waals surface area (Å²) in [6.07, 6.45) is 3.29. The number of carbonyl (C=O) groups is 1. The van der Waals surface area contributed by atoms with Crippen molar-refractivity contribution in [1.82, 2.24) is 9.88 Å². The second kappa shape index (κ2) is 6.41. The fraction of sp³-hybridized carbons (Fsp3) is 0.400. The third kappa shape index (κ3) is 3.31. The van der Waals surface area contributed by atoms with E-state index in [0.29, 0.717) is 6.54 Å². The highest BCUT2D eigenvalue weighted by atomic mass is 32.2. The second-order valence-corrected chi connectivity index (χ2v) is 4.37. The molecule has 0 fully saturated rings. The Kier molecular flexibility index (Phi) is 5.17. The Hall–Kier alpha value is -1.34. The average Bonchev–Trinajstić information content (AvgIpc) is 2.35. The van der Waals surface area contributed by atoms with E-state index in [4.69, 9.17) is 5.84 Å². The summed E-state index contributed by atoms with van der Waals surface area (Å²) in [6.45, 7) is 0.563. The van der Waals surface area contributed by atoms with Crippen molar-refractivity contribution >= 4 is 23.5 Å². The summed E-state index contributed by atoms with van der Waals surface area (Å²) < 4.78 is 13.7. The largest absolute Gasteiger partial charge is 0.341 e. The molecule has 0 aliphatic heterocycles. The molecule has 0 aromatic carbocycles. The highest BCUT2D eigenvalue weighted by Gasteiger charge is 2.18. The fourth-order valence-corrected chi connectivity index (χ4v) is 1.70. The Balaban J connectivity index is 2.88. The standard InChI is InChI=1S/C10H15FN4OS/c1-15(5-6-17-2)10(16)7-3-4-13-9(14-12)8(7)11/h3-4H,5-6,12H2,1-2H3,(H,13,14). The fourth-order valence-electron chi connectivity index (χ4n) is 1.24. The molecule has 1 rings (SSSR count). The van der Waals surface area contributed by atoms with Gasteiger partial charge in [0, 0.05) is 25.5 Å². The minimum atomic E-state index is -0.726. The van der Waals surface area contributed by atoms with Crippen LogP contribution in [0.4, 0.5) is 10.2 Å². The lowest BCUT2D eigenvalue weighted by Crippen LogP contribution is -2.30. The van der Waals surface area contributed by atoms with Crippen molar-refractivity contribution in [2.45, 2.75) is 0 Å². The van der Waals surface area contributed by atoms with Gasteiger partial charge in [-0.05, 0) is 12.3 Å². The van der Waals surface area contributed by atoms with E-state index < -0.39 is 5.82 Å². The zero-order chi connectivity index (χ0) is 12.8. The van der Waals surface area contributed by atoms with E-state index >= 15 is 0 Å². The van der Waals surface area contributed by atoms with Gasteiger partial charge in [-0.2, -0.15) is 11.8 Å². The van der Waals surface area contributed by atoms with Gasteiger partial charge in [-0.3, -0.25) is 4.79 Å². The molecule has 7 heteroatoms. The lowest BCUT2D eigenvalue weighted by Gasteiger charge is -2.17. The zero-order valence-electron chi connectivity index (χ0n) is 9.74. The molecule has 0 unspecified atom stereocenters. The van der Waals surface area contributed by atoms with Gasteiger partial charge in [-0.25, -0.2) is 15.2 Å². The first-order valence-corrected chi connectivity index (χ1v) is 6.36. The Morgan fingerprint density at radius 3 is 3.00 bits per heavy atom. The molecule has 0 atom stereocenters. The van der Waals surface area contributed by atoms with Crippen LogP contribution in [0.5, 0.6) is 0 Å². The van der Waals surface area contributed by atoms with Gasteiger partial charge in [0.2, 0.25) is 0 Å². The summed E-state index contributed by atoms with van der Waals surface area (Å²) in [5, 5.41) is 0. The number of nitrogens with zero attached hydrogens (tertiary/aromatic N) is 2. The zero-order valence-corrected chi connectivity index (χ0v) is 10.6. The number of rotatable bonds is 5. The molecule has 3 N–H and O–H groups in total. The molecule has 0 bridgehead atoms. The number of pyridine rings is 1. The third-order valence-corrected chi connectivity index (χ3v) is 2.82. The molecule has 17 heavy (non-hydrogen) atoms. The quantitative estimate of drug-likeness (QED) is 0.607. The van der Waals surface area contributed by atoms with Crippen molar-refractivity contribution in [2.24, 2.45) is 5.84 Å². The van der Waals surface area contributed by atoms with Crippen LogP contribution in [0.2, 0.25) is 0 Å². The summed E-state index contributed by atoms with van der Waals surface area (Å²) in [7, 11) is 1.63. The van der Waals surface area contributed by atoms with E-state index in [-0.39, 0.29) is 17.3 Å². The maximum absolute atomic E-state index is 13.7.